The summed E-state index contributed by atoms with van der Waals surface area (Å²) in [7, 11) is 2.91. The molecule has 1 saturated heterocycles. The number of likely N-dealkylation sites (tertiary alicyclic amines) is 1. The maximum atomic E-state index is 14.2. The number of alkyl halides is 3. The van der Waals surface area contributed by atoms with Gasteiger partial charge in [-0.15, -0.1) is 0 Å². The van der Waals surface area contributed by atoms with Crippen LogP contribution in [0.25, 0.3) is 28.2 Å². The summed E-state index contributed by atoms with van der Waals surface area (Å²) in [4.78, 5) is 27.8. The number of nitrogens with zero attached hydrogens (tertiary/aromatic N) is 5. The van der Waals surface area contributed by atoms with Gasteiger partial charge in [0.25, 0.3) is 0 Å². The Labute approximate surface area is 251 Å². The standard InChI is InChI=1S/C30H32F4N6O4/c1-4-5-13-44-29(41)39-12-6-7-19(17-39)36-28-35-11-10-26(38-28)40-23-16-25(43-3)24(42-2)15-22(23)37-27(40)18-8-9-21(31)20(14-18)30(32,33)34/h8-11,14-16,19H,4-7,12-13,17H2,1-3H3,(H,35,36,38). The van der Waals surface area contributed by atoms with Crippen LogP contribution in [0.3, 0.4) is 0 Å². The van der Waals surface area contributed by atoms with Gasteiger partial charge in [0.05, 0.1) is 37.4 Å². The molecule has 1 aliphatic heterocycles. The number of halogens is 4. The first-order valence-corrected chi connectivity index (χ1v) is 14.2. The van der Waals surface area contributed by atoms with Crippen LogP contribution in [-0.4, -0.2) is 70.5 Å². The second-order valence-corrected chi connectivity index (χ2v) is 10.3. The van der Waals surface area contributed by atoms with Gasteiger partial charge in [-0.1, -0.05) is 13.3 Å². The molecule has 1 unspecified atom stereocenters. The average molecular weight is 617 g/mol. The number of fused-ring (bicyclic) bond motifs is 1. The summed E-state index contributed by atoms with van der Waals surface area (Å²) in [5, 5.41) is 3.27. The number of carbonyl (C=O) groups is 1. The third-order valence-corrected chi connectivity index (χ3v) is 7.30. The number of unbranched alkanes of at least 4 members (excludes halogenated alkanes) is 1. The van der Waals surface area contributed by atoms with Gasteiger partial charge < -0.3 is 24.4 Å². The zero-order chi connectivity index (χ0) is 31.4. The summed E-state index contributed by atoms with van der Waals surface area (Å²) in [6.07, 6.45) is -0.540. The van der Waals surface area contributed by atoms with E-state index in [1.54, 1.807) is 27.7 Å². The van der Waals surface area contributed by atoms with E-state index in [4.69, 9.17) is 14.2 Å². The van der Waals surface area contributed by atoms with E-state index in [2.05, 4.69) is 20.3 Å². The Balaban J connectivity index is 1.53. The van der Waals surface area contributed by atoms with Crippen LogP contribution >= 0.6 is 0 Å². The van der Waals surface area contributed by atoms with Crippen LogP contribution in [0.2, 0.25) is 0 Å². The van der Waals surface area contributed by atoms with Crippen LogP contribution in [0.4, 0.5) is 28.3 Å². The first-order chi connectivity index (χ1) is 21.1. The quantitative estimate of drug-likeness (QED) is 0.169. The molecule has 0 bridgehead atoms. The van der Waals surface area contributed by atoms with Gasteiger partial charge in [-0.05, 0) is 43.5 Å². The number of hydrogen-bond acceptors (Lipinski definition) is 8. The minimum Gasteiger partial charge on any atom is -0.493 e. The van der Waals surface area contributed by atoms with Gasteiger partial charge in [0.2, 0.25) is 5.95 Å². The second kappa shape index (κ2) is 12.9. The number of imidazole rings is 1. The van der Waals surface area contributed by atoms with Crippen molar-refractivity contribution >= 4 is 23.1 Å². The van der Waals surface area contributed by atoms with Crippen molar-refractivity contribution in [2.75, 3.05) is 39.2 Å². The molecule has 1 amide bonds. The summed E-state index contributed by atoms with van der Waals surface area (Å²) in [5.41, 5.74) is -0.554. The molecule has 10 nitrogen and oxygen atoms in total. The highest BCUT2D eigenvalue weighted by Crippen LogP contribution is 2.38. The van der Waals surface area contributed by atoms with Crippen molar-refractivity contribution in [3.63, 3.8) is 0 Å². The lowest BCUT2D eigenvalue weighted by molar-refractivity contribution is -0.139. The highest BCUT2D eigenvalue weighted by molar-refractivity contribution is 5.86. The van der Waals surface area contributed by atoms with E-state index < -0.39 is 17.6 Å². The summed E-state index contributed by atoms with van der Waals surface area (Å²) in [5.74, 6) is -0.0378. The number of amides is 1. The van der Waals surface area contributed by atoms with Crippen molar-refractivity contribution in [3.05, 3.63) is 54.0 Å². The number of piperidine rings is 1. The molecule has 44 heavy (non-hydrogen) atoms. The summed E-state index contributed by atoms with van der Waals surface area (Å²) in [6.45, 7) is 3.36. The molecule has 1 N–H and O–H groups in total. The number of rotatable bonds is 9. The maximum absolute atomic E-state index is 14.2. The molecular formula is C30H32F4N6O4. The SMILES string of the molecule is CCCCOC(=O)N1CCCC(Nc2nccc(-n3c(-c4ccc(F)c(C(F)(F)F)c4)nc4cc(OC)c(OC)cc43)n2)C1. The lowest BCUT2D eigenvalue weighted by Gasteiger charge is -2.32. The molecule has 14 heteroatoms. The van der Waals surface area contributed by atoms with Crippen LogP contribution in [0.15, 0.2) is 42.6 Å². The monoisotopic (exact) mass is 616 g/mol. The van der Waals surface area contributed by atoms with Crippen molar-refractivity contribution in [2.45, 2.75) is 44.8 Å². The normalized spacial score (nSPS) is 15.3. The Hall–Kier alpha value is -4.62. The van der Waals surface area contributed by atoms with E-state index in [1.165, 1.54) is 26.5 Å². The van der Waals surface area contributed by atoms with Crippen molar-refractivity contribution in [1.29, 1.82) is 0 Å². The molecule has 4 aromatic rings. The van der Waals surface area contributed by atoms with Crippen LogP contribution < -0.4 is 14.8 Å². The lowest BCUT2D eigenvalue weighted by Crippen LogP contribution is -2.45. The van der Waals surface area contributed by atoms with Crippen LogP contribution in [0.1, 0.15) is 38.2 Å². The van der Waals surface area contributed by atoms with E-state index in [0.29, 0.717) is 42.2 Å². The largest absolute Gasteiger partial charge is 0.493 e. The Morgan fingerprint density at radius 3 is 2.59 bits per heavy atom. The zero-order valence-electron chi connectivity index (χ0n) is 24.4. The van der Waals surface area contributed by atoms with E-state index in [9.17, 15) is 22.4 Å². The van der Waals surface area contributed by atoms with Crippen molar-refractivity contribution in [2.24, 2.45) is 0 Å². The van der Waals surface area contributed by atoms with Crippen LogP contribution in [-0.2, 0) is 10.9 Å². The van der Waals surface area contributed by atoms with E-state index >= 15 is 0 Å². The number of ether oxygens (including phenoxy) is 3. The molecular weight excluding hydrogens is 584 g/mol. The minimum atomic E-state index is -4.91. The topological polar surface area (TPSA) is 104 Å². The van der Waals surface area contributed by atoms with Gasteiger partial charge in [0.15, 0.2) is 11.5 Å². The van der Waals surface area contributed by atoms with Crippen LogP contribution in [0, 0.1) is 5.82 Å². The Kier molecular flexibility index (Phi) is 9.06. The zero-order valence-corrected chi connectivity index (χ0v) is 24.4. The molecule has 234 valence electrons. The third-order valence-electron chi connectivity index (χ3n) is 7.30. The maximum Gasteiger partial charge on any atom is 0.419 e. The number of hydrogen-bond donors (Lipinski definition) is 1. The molecule has 0 radical (unpaired) electrons. The third kappa shape index (κ3) is 6.48. The fraction of sp³-hybridized carbons (Fsp3) is 0.400. The van der Waals surface area contributed by atoms with Gasteiger partial charge in [-0.2, -0.15) is 18.2 Å². The fourth-order valence-corrected chi connectivity index (χ4v) is 5.09. The van der Waals surface area contributed by atoms with Crippen LogP contribution in [0.5, 0.6) is 11.5 Å². The van der Waals surface area contributed by atoms with Gasteiger partial charge in [0.1, 0.15) is 17.5 Å². The number of carbonyl (C=O) groups excluding carboxylic acids is 1. The molecule has 0 saturated carbocycles. The molecule has 5 rings (SSSR count). The van der Waals surface area contributed by atoms with Gasteiger partial charge in [-0.25, -0.2) is 19.2 Å². The predicted molar refractivity (Wildman–Crippen MR) is 155 cm³/mol. The summed E-state index contributed by atoms with van der Waals surface area (Å²) < 4.78 is 72.9. The molecule has 1 fully saturated rings. The number of methoxy groups -OCH3 is 2. The van der Waals surface area contributed by atoms with E-state index in [0.717, 1.165) is 37.8 Å². The molecule has 1 aliphatic rings. The number of benzene rings is 2. The molecule has 3 heterocycles. The summed E-state index contributed by atoms with van der Waals surface area (Å²) >= 11 is 0. The van der Waals surface area contributed by atoms with Crippen molar-refractivity contribution in [1.82, 2.24) is 24.4 Å². The minimum absolute atomic E-state index is 0.0190. The first-order valence-electron chi connectivity index (χ1n) is 14.2. The molecule has 0 spiro atoms. The van der Waals surface area contributed by atoms with Gasteiger partial charge in [0, 0.05) is 43.0 Å². The van der Waals surface area contributed by atoms with Gasteiger partial charge in [-0.3, -0.25) is 4.57 Å². The fourth-order valence-electron chi connectivity index (χ4n) is 5.09. The Morgan fingerprint density at radius 2 is 1.86 bits per heavy atom. The Bertz CT molecular complexity index is 1640. The van der Waals surface area contributed by atoms with E-state index in [-0.39, 0.29) is 35.3 Å². The number of aromatic nitrogens is 4. The number of nitrogens with one attached hydrogen (secondary N) is 1. The average Bonchev–Trinajstić information content (AvgIpc) is 3.38. The first kappa shape index (κ1) is 30.8. The molecule has 0 aliphatic carbocycles. The molecule has 2 aromatic heterocycles. The predicted octanol–water partition coefficient (Wildman–Crippen LogP) is 6.47. The highest BCUT2D eigenvalue weighted by Gasteiger charge is 2.35. The number of anilines is 1. The van der Waals surface area contributed by atoms with Gasteiger partial charge >= 0.3 is 12.3 Å². The smallest absolute Gasteiger partial charge is 0.419 e. The van der Waals surface area contributed by atoms with Crippen molar-refractivity contribution in [3.8, 4) is 28.7 Å². The molecule has 2 aromatic carbocycles. The second-order valence-electron chi connectivity index (χ2n) is 10.3. The lowest BCUT2D eigenvalue weighted by atomic mass is 10.1. The highest BCUT2D eigenvalue weighted by atomic mass is 19.4. The Morgan fingerprint density at radius 1 is 1.09 bits per heavy atom. The summed E-state index contributed by atoms with van der Waals surface area (Å²) in [6, 6.07) is 7.37. The molecule has 1 atom stereocenters. The van der Waals surface area contributed by atoms with Crippen molar-refractivity contribution < 1.29 is 36.6 Å². The van der Waals surface area contributed by atoms with E-state index in [1.807, 2.05) is 6.92 Å².